The summed E-state index contributed by atoms with van der Waals surface area (Å²) >= 11 is 0. The van der Waals surface area contributed by atoms with Crippen LogP contribution in [0.5, 0.6) is 6.01 Å². The van der Waals surface area contributed by atoms with Gasteiger partial charge in [0.1, 0.15) is 17.9 Å². The molecule has 0 bridgehead atoms. The average molecular weight is 561 g/mol. The van der Waals surface area contributed by atoms with Gasteiger partial charge in [0.05, 0.1) is 18.0 Å². The fraction of sp³-hybridized carbons (Fsp3) is 0.382. The molecule has 0 aliphatic carbocycles. The summed E-state index contributed by atoms with van der Waals surface area (Å²) in [4.78, 5) is 14.2. The van der Waals surface area contributed by atoms with E-state index in [0.29, 0.717) is 49.4 Å². The van der Waals surface area contributed by atoms with E-state index in [9.17, 15) is 5.26 Å². The third-order valence-electron chi connectivity index (χ3n) is 9.29. The second-order valence-corrected chi connectivity index (χ2v) is 11.7. The number of rotatable bonds is 6. The zero-order chi connectivity index (χ0) is 28.7. The second-order valence-electron chi connectivity index (χ2n) is 11.7. The smallest absolute Gasteiger partial charge is 0.319 e. The number of ether oxygens (including phenoxy) is 1. The fourth-order valence-electron chi connectivity index (χ4n) is 7.25. The summed E-state index contributed by atoms with van der Waals surface area (Å²) in [7, 11) is 0. The van der Waals surface area contributed by atoms with Crippen molar-refractivity contribution >= 4 is 27.5 Å². The maximum atomic E-state index is 16.7. The monoisotopic (exact) mass is 560 g/mol. The molecule has 1 aromatic heterocycles. The van der Waals surface area contributed by atoms with Crippen molar-refractivity contribution in [2.75, 3.05) is 44.2 Å². The molecule has 0 saturated carbocycles. The van der Waals surface area contributed by atoms with E-state index in [0.717, 1.165) is 60.7 Å². The lowest BCUT2D eigenvalue weighted by molar-refractivity contribution is 0.108. The quantitative estimate of drug-likeness (QED) is 0.322. The van der Waals surface area contributed by atoms with E-state index < -0.39 is 5.82 Å². The standard InChI is InChI=1S/C34H33FN6O/c1-2-23-7-3-8-24-9-4-10-26(29(23)24)27-11-12-28-31(30(27)35)38-33(42-22-34-14-5-18-41(34)19-6-15-34)39-32(28)40-20-17-37-25(21-40)13-16-36/h1,3-4,7-12,25,37H,5-6,13-15,17-22H2/t25-/m0/s1. The number of nitrogens with zero attached hydrogens (tertiary/aromatic N) is 5. The van der Waals surface area contributed by atoms with Gasteiger partial charge in [0.2, 0.25) is 0 Å². The number of halogens is 1. The number of nitriles is 1. The summed E-state index contributed by atoms with van der Waals surface area (Å²) in [6.07, 6.45) is 10.8. The minimum Gasteiger partial charge on any atom is -0.461 e. The van der Waals surface area contributed by atoms with E-state index in [1.807, 2.05) is 42.5 Å². The first-order chi connectivity index (χ1) is 20.6. The van der Waals surface area contributed by atoms with Crippen LogP contribution in [0.2, 0.25) is 0 Å². The first-order valence-electron chi connectivity index (χ1n) is 14.8. The number of hydrogen-bond donors (Lipinski definition) is 1. The van der Waals surface area contributed by atoms with Crippen molar-refractivity contribution in [3.05, 3.63) is 59.9 Å². The van der Waals surface area contributed by atoms with Crippen molar-refractivity contribution in [3.63, 3.8) is 0 Å². The molecule has 0 radical (unpaired) electrons. The molecule has 1 N–H and O–H groups in total. The van der Waals surface area contributed by atoms with Gasteiger partial charge in [0.15, 0.2) is 5.82 Å². The summed E-state index contributed by atoms with van der Waals surface area (Å²) in [6, 6.07) is 17.8. The van der Waals surface area contributed by atoms with Crippen LogP contribution in [-0.2, 0) is 0 Å². The Bertz CT molecular complexity index is 1740. The number of piperazine rings is 1. The molecule has 3 aromatic carbocycles. The van der Waals surface area contributed by atoms with Gasteiger partial charge in [-0.2, -0.15) is 15.2 Å². The molecule has 42 heavy (non-hydrogen) atoms. The Kier molecular flexibility index (Phi) is 6.90. The van der Waals surface area contributed by atoms with Gasteiger partial charge in [0, 0.05) is 47.6 Å². The van der Waals surface area contributed by atoms with Gasteiger partial charge in [-0.1, -0.05) is 42.3 Å². The lowest BCUT2D eigenvalue weighted by Crippen LogP contribution is -2.51. The molecular formula is C34H33FN6O. The Labute approximate surface area is 245 Å². The van der Waals surface area contributed by atoms with Crippen molar-refractivity contribution in [2.24, 2.45) is 0 Å². The molecule has 3 saturated heterocycles. The number of aromatic nitrogens is 2. The average Bonchev–Trinajstić information content (AvgIpc) is 3.61. The molecule has 3 aliphatic heterocycles. The minimum absolute atomic E-state index is 0.00421. The van der Waals surface area contributed by atoms with Crippen LogP contribution >= 0.6 is 0 Å². The zero-order valence-electron chi connectivity index (χ0n) is 23.6. The van der Waals surface area contributed by atoms with Crippen molar-refractivity contribution in [2.45, 2.75) is 43.7 Å². The van der Waals surface area contributed by atoms with Gasteiger partial charge in [-0.05, 0) is 61.9 Å². The molecular weight excluding hydrogens is 527 g/mol. The molecule has 4 aromatic rings. The van der Waals surface area contributed by atoms with Gasteiger partial charge in [0.25, 0.3) is 0 Å². The summed E-state index contributed by atoms with van der Waals surface area (Å²) < 4.78 is 23.1. The van der Waals surface area contributed by atoms with E-state index in [4.69, 9.17) is 21.1 Å². The second kappa shape index (κ2) is 10.9. The first kappa shape index (κ1) is 26.6. The molecule has 0 spiro atoms. The molecule has 0 amide bonds. The highest BCUT2D eigenvalue weighted by atomic mass is 19.1. The molecule has 0 unspecified atom stereocenters. The Hall–Kier alpha value is -4.24. The van der Waals surface area contributed by atoms with Crippen LogP contribution in [-0.4, -0.2) is 65.8 Å². The largest absolute Gasteiger partial charge is 0.461 e. The maximum Gasteiger partial charge on any atom is 0.319 e. The van der Waals surface area contributed by atoms with Crippen LogP contribution in [0.4, 0.5) is 10.2 Å². The Balaban J connectivity index is 1.35. The SMILES string of the molecule is C#Cc1cccc2cccc(-c3ccc4c(N5CCN[C@@H](CC#N)C5)nc(OCC56CCCN5CCC6)nc4c3F)c12. The van der Waals surface area contributed by atoms with E-state index in [1.165, 1.54) is 0 Å². The number of hydrogen-bond acceptors (Lipinski definition) is 7. The predicted octanol–water partition coefficient (Wildman–Crippen LogP) is 5.27. The lowest BCUT2D eigenvalue weighted by Gasteiger charge is -2.34. The maximum absolute atomic E-state index is 16.7. The Morgan fingerprint density at radius 3 is 2.64 bits per heavy atom. The van der Waals surface area contributed by atoms with Crippen LogP contribution in [0.25, 0.3) is 32.8 Å². The topological polar surface area (TPSA) is 77.3 Å². The molecule has 3 aliphatic rings. The lowest BCUT2D eigenvalue weighted by atomic mass is 9.94. The summed E-state index contributed by atoms with van der Waals surface area (Å²) in [5, 5.41) is 15.1. The minimum atomic E-state index is -0.425. The molecule has 7 nitrogen and oxygen atoms in total. The zero-order valence-corrected chi connectivity index (χ0v) is 23.6. The van der Waals surface area contributed by atoms with Crippen molar-refractivity contribution in [1.82, 2.24) is 20.2 Å². The number of anilines is 1. The van der Waals surface area contributed by atoms with Crippen LogP contribution in [0.15, 0.2) is 48.5 Å². The summed E-state index contributed by atoms with van der Waals surface area (Å²) in [5.74, 6) is 2.98. The van der Waals surface area contributed by atoms with Crippen LogP contribution in [0, 0.1) is 29.5 Å². The highest BCUT2D eigenvalue weighted by Crippen LogP contribution is 2.40. The van der Waals surface area contributed by atoms with Crippen molar-refractivity contribution in [3.8, 4) is 35.6 Å². The third kappa shape index (κ3) is 4.52. The van der Waals surface area contributed by atoms with E-state index >= 15 is 4.39 Å². The number of fused-ring (bicyclic) bond motifs is 3. The molecule has 1 atom stereocenters. The molecule has 3 fully saturated rings. The van der Waals surface area contributed by atoms with Crippen LogP contribution in [0.3, 0.4) is 0 Å². The molecule has 8 heteroatoms. The molecule has 7 rings (SSSR count). The predicted molar refractivity (Wildman–Crippen MR) is 163 cm³/mol. The van der Waals surface area contributed by atoms with Gasteiger partial charge >= 0.3 is 6.01 Å². The van der Waals surface area contributed by atoms with Gasteiger partial charge in [-0.25, -0.2) is 4.39 Å². The third-order valence-corrected chi connectivity index (χ3v) is 9.29. The van der Waals surface area contributed by atoms with Crippen LogP contribution < -0.4 is 15.0 Å². The fourth-order valence-corrected chi connectivity index (χ4v) is 7.25. The Morgan fingerprint density at radius 2 is 1.86 bits per heavy atom. The normalized spacial score (nSPS) is 20.0. The van der Waals surface area contributed by atoms with Gasteiger partial charge in [-0.15, -0.1) is 6.42 Å². The van der Waals surface area contributed by atoms with Crippen LogP contribution in [0.1, 0.15) is 37.7 Å². The number of nitrogens with one attached hydrogen (secondary N) is 1. The highest BCUT2D eigenvalue weighted by Gasteiger charge is 2.45. The number of benzene rings is 3. The summed E-state index contributed by atoms with van der Waals surface area (Å²) in [6.45, 7) is 4.66. The Morgan fingerprint density at radius 1 is 1.05 bits per heavy atom. The highest BCUT2D eigenvalue weighted by molar-refractivity contribution is 6.03. The van der Waals surface area contributed by atoms with Crippen molar-refractivity contribution < 1.29 is 9.13 Å². The first-order valence-corrected chi connectivity index (χ1v) is 14.8. The van der Waals surface area contributed by atoms with Gasteiger partial charge < -0.3 is 15.0 Å². The van der Waals surface area contributed by atoms with Crippen molar-refractivity contribution in [1.29, 1.82) is 5.26 Å². The van der Waals surface area contributed by atoms with E-state index in [1.54, 1.807) is 6.07 Å². The number of terminal acetylenes is 1. The molecule has 212 valence electrons. The van der Waals surface area contributed by atoms with Gasteiger partial charge in [-0.3, -0.25) is 4.90 Å². The van der Waals surface area contributed by atoms with E-state index in [-0.39, 0.29) is 23.1 Å². The van der Waals surface area contributed by atoms with E-state index in [2.05, 4.69) is 27.1 Å². The molecule has 4 heterocycles. The summed E-state index contributed by atoms with van der Waals surface area (Å²) in [5.41, 5.74) is 2.12.